The number of benzene rings is 1. The summed E-state index contributed by atoms with van der Waals surface area (Å²) < 4.78 is 10.8. The lowest BCUT2D eigenvalue weighted by atomic mass is 10.1. The van der Waals surface area contributed by atoms with Crippen molar-refractivity contribution >= 4 is 18.0 Å². The Hall–Kier alpha value is -2.76. The number of carbonyl (C=O) groups is 2. The second-order valence-corrected chi connectivity index (χ2v) is 4.70. The van der Waals surface area contributed by atoms with E-state index < -0.39 is 11.9 Å². The molecule has 0 saturated carbocycles. The van der Waals surface area contributed by atoms with Gasteiger partial charge in [-0.25, -0.2) is 4.79 Å². The van der Waals surface area contributed by atoms with Crippen molar-refractivity contribution in [2.45, 2.75) is 13.8 Å². The highest BCUT2D eigenvalue weighted by atomic mass is 16.5. The van der Waals surface area contributed by atoms with Gasteiger partial charge in [0.1, 0.15) is 12.3 Å². The van der Waals surface area contributed by atoms with E-state index >= 15 is 0 Å². The number of rotatable bonds is 7. The van der Waals surface area contributed by atoms with Crippen molar-refractivity contribution in [2.75, 3.05) is 13.7 Å². The Morgan fingerprint density at radius 3 is 2.50 bits per heavy atom. The smallest absolute Gasteiger partial charge is 0.352 e. The molecule has 1 aromatic carbocycles. The Morgan fingerprint density at radius 2 is 2.00 bits per heavy atom. The molecule has 118 valence electrons. The lowest BCUT2D eigenvalue weighted by molar-refractivity contribution is -0.134. The van der Waals surface area contributed by atoms with Crippen molar-refractivity contribution in [3.8, 4) is 11.5 Å². The second-order valence-electron chi connectivity index (χ2n) is 4.70. The van der Waals surface area contributed by atoms with Crippen molar-refractivity contribution < 1.29 is 24.2 Å². The number of nitrogens with one attached hydrogen (secondary N) is 1. The van der Waals surface area contributed by atoms with E-state index in [9.17, 15) is 9.59 Å². The first-order valence-electron chi connectivity index (χ1n) is 6.51. The first kappa shape index (κ1) is 17.3. The maximum Gasteiger partial charge on any atom is 0.352 e. The van der Waals surface area contributed by atoms with E-state index in [1.807, 2.05) is 6.92 Å². The van der Waals surface area contributed by atoms with E-state index in [4.69, 9.17) is 14.6 Å². The average molecular weight is 305 g/mol. The molecule has 0 aliphatic heterocycles. The van der Waals surface area contributed by atoms with Gasteiger partial charge in [0.05, 0.1) is 7.11 Å². The minimum absolute atomic E-state index is 0.217. The van der Waals surface area contributed by atoms with Gasteiger partial charge in [0.15, 0.2) is 11.5 Å². The first-order chi connectivity index (χ1) is 10.3. The van der Waals surface area contributed by atoms with Crippen LogP contribution in [0.3, 0.4) is 0 Å². The molecule has 0 aliphatic rings. The third-order valence-corrected chi connectivity index (χ3v) is 2.51. The van der Waals surface area contributed by atoms with E-state index in [0.29, 0.717) is 23.7 Å². The molecule has 6 heteroatoms. The fraction of sp³-hybridized carbons (Fsp3) is 0.250. The molecule has 0 bridgehead atoms. The number of carboxylic acid groups (broad SMARTS) is 1. The molecule has 6 nitrogen and oxygen atoms in total. The molecule has 0 spiro atoms. The van der Waals surface area contributed by atoms with Crippen LogP contribution in [0, 0.1) is 0 Å². The van der Waals surface area contributed by atoms with Crippen LogP contribution < -0.4 is 14.8 Å². The minimum Gasteiger partial charge on any atom is -0.493 e. The van der Waals surface area contributed by atoms with E-state index in [0.717, 1.165) is 5.57 Å². The lowest BCUT2D eigenvalue weighted by Crippen LogP contribution is -2.24. The summed E-state index contributed by atoms with van der Waals surface area (Å²) in [6.45, 7) is 7.19. The summed E-state index contributed by atoms with van der Waals surface area (Å²) in [5, 5.41) is 11.3. The Kier molecular flexibility index (Phi) is 6.19. The maximum atomic E-state index is 11.1. The van der Waals surface area contributed by atoms with Gasteiger partial charge >= 0.3 is 5.97 Å². The number of hydrogen-bond acceptors (Lipinski definition) is 4. The molecule has 0 heterocycles. The Labute approximate surface area is 129 Å². The van der Waals surface area contributed by atoms with Crippen LogP contribution in [-0.2, 0) is 9.59 Å². The number of carbonyl (C=O) groups excluding carboxylic acids is 1. The zero-order valence-corrected chi connectivity index (χ0v) is 12.8. The van der Waals surface area contributed by atoms with Crippen LogP contribution >= 0.6 is 0 Å². The molecule has 1 amide bonds. The number of methoxy groups -OCH3 is 1. The van der Waals surface area contributed by atoms with Crippen LogP contribution in [0.2, 0.25) is 0 Å². The SMILES string of the molecule is C=C(C)COc1ccc(C=C(NC(C)=O)C(=O)O)cc1OC. The van der Waals surface area contributed by atoms with Crippen molar-refractivity contribution in [3.63, 3.8) is 0 Å². The van der Waals surface area contributed by atoms with Gasteiger partial charge in [-0.3, -0.25) is 4.79 Å². The summed E-state index contributed by atoms with van der Waals surface area (Å²) >= 11 is 0. The summed E-state index contributed by atoms with van der Waals surface area (Å²) in [4.78, 5) is 22.1. The normalized spacial score (nSPS) is 10.8. The topological polar surface area (TPSA) is 84.9 Å². The Morgan fingerprint density at radius 1 is 1.32 bits per heavy atom. The van der Waals surface area contributed by atoms with Gasteiger partial charge < -0.3 is 19.9 Å². The summed E-state index contributed by atoms with van der Waals surface area (Å²) in [6.07, 6.45) is 1.34. The minimum atomic E-state index is -1.23. The third-order valence-electron chi connectivity index (χ3n) is 2.51. The van der Waals surface area contributed by atoms with E-state index in [-0.39, 0.29) is 5.70 Å². The maximum absolute atomic E-state index is 11.1. The molecule has 0 saturated heterocycles. The molecule has 22 heavy (non-hydrogen) atoms. The number of amides is 1. The number of aliphatic carboxylic acids is 1. The predicted octanol–water partition coefficient (Wildman–Crippen LogP) is 2.21. The van der Waals surface area contributed by atoms with Crippen molar-refractivity contribution in [3.05, 3.63) is 41.6 Å². The average Bonchev–Trinajstić information content (AvgIpc) is 2.44. The van der Waals surface area contributed by atoms with Gasteiger partial charge in [-0.15, -0.1) is 0 Å². The van der Waals surface area contributed by atoms with Crippen LogP contribution in [0.1, 0.15) is 19.4 Å². The van der Waals surface area contributed by atoms with Crippen molar-refractivity contribution in [1.29, 1.82) is 0 Å². The summed E-state index contributed by atoms with van der Waals surface area (Å²) in [6, 6.07) is 4.96. The number of carboxylic acids is 1. The largest absolute Gasteiger partial charge is 0.493 e. The molecule has 0 aliphatic carbocycles. The van der Waals surface area contributed by atoms with Crippen molar-refractivity contribution in [2.24, 2.45) is 0 Å². The van der Waals surface area contributed by atoms with Gasteiger partial charge in [0.2, 0.25) is 5.91 Å². The molecule has 1 rings (SSSR count). The molecule has 0 radical (unpaired) electrons. The van der Waals surface area contributed by atoms with Crippen LogP contribution in [-0.4, -0.2) is 30.7 Å². The first-order valence-corrected chi connectivity index (χ1v) is 6.51. The van der Waals surface area contributed by atoms with Gasteiger partial charge in [0.25, 0.3) is 0 Å². The van der Waals surface area contributed by atoms with Crippen LogP contribution in [0.25, 0.3) is 6.08 Å². The fourth-order valence-corrected chi connectivity index (χ4v) is 1.60. The highest BCUT2D eigenvalue weighted by Gasteiger charge is 2.10. The quantitative estimate of drug-likeness (QED) is 0.596. The van der Waals surface area contributed by atoms with Gasteiger partial charge in [-0.05, 0) is 36.3 Å². The van der Waals surface area contributed by atoms with E-state index in [2.05, 4.69) is 11.9 Å². The molecule has 0 aromatic heterocycles. The standard InChI is InChI=1S/C16H19NO5/c1-10(2)9-22-14-6-5-12(8-15(14)21-4)7-13(16(19)20)17-11(3)18/h5-8H,1,9H2,2-4H3,(H,17,18)(H,19,20). The molecule has 0 unspecified atom stereocenters. The zero-order chi connectivity index (χ0) is 16.7. The van der Waals surface area contributed by atoms with Crippen LogP contribution in [0.5, 0.6) is 11.5 Å². The third kappa shape index (κ3) is 5.32. The molecule has 1 aromatic rings. The highest BCUT2D eigenvalue weighted by molar-refractivity contribution is 5.96. The summed E-state index contributed by atoms with van der Waals surface area (Å²) in [5.74, 6) is -0.694. The Bertz CT molecular complexity index is 619. The molecular formula is C16H19NO5. The summed E-state index contributed by atoms with van der Waals surface area (Å²) in [5.41, 5.74) is 1.21. The van der Waals surface area contributed by atoms with Gasteiger partial charge in [-0.2, -0.15) is 0 Å². The zero-order valence-electron chi connectivity index (χ0n) is 12.8. The molecular weight excluding hydrogens is 286 g/mol. The van der Waals surface area contributed by atoms with E-state index in [1.54, 1.807) is 18.2 Å². The molecule has 0 atom stereocenters. The lowest BCUT2D eigenvalue weighted by Gasteiger charge is -2.11. The monoisotopic (exact) mass is 305 g/mol. The van der Waals surface area contributed by atoms with Gasteiger partial charge in [0, 0.05) is 6.92 Å². The highest BCUT2D eigenvalue weighted by Crippen LogP contribution is 2.29. The molecule has 2 N–H and O–H groups in total. The van der Waals surface area contributed by atoms with Crippen LogP contribution in [0.15, 0.2) is 36.0 Å². The van der Waals surface area contributed by atoms with Crippen molar-refractivity contribution in [1.82, 2.24) is 5.32 Å². The summed E-state index contributed by atoms with van der Waals surface area (Å²) in [7, 11) is 1.49. The van der Waals surface area contributed by atoms with Gasteiger partial charge in [-0.1, -0.05) is 12.6 Å². The van der Waals surface area contributed by atoms with Crippen LogP contribution in [0.4, 0.5) is 0 Å². The van der Waals surface area contributed by atoms with E-state index in [1.165, 1.54) is 20.1 Å². The predicted molar refractivity (Wildman–Crippen MR) is 82.7 cm³/mol. The number of hydrogen-bond donors (Lipinski definition) is 2. The second kappa shape index (κ2) is 7.87. The number of ether oxygens (including phenoxy) is 2. The fourth-order valence-electron chi connectivity index (χ4n) is 1.60. The Balaban J connectivity index is 3.07. The molecule has 0 fully saturated rings.